The summed E-state index contributed by atoms with van der Waals surface area (Å²) < 4.78 is 67.1. The first-order valence-electron chi connectivity index (χ1n) is 5.30. The highest BCUT2D eigenvalue weighted by Crippen LogP contribution is 2.23. The van der Waals surface area contributed by atoms with E-state index < -0.39 is 22.5 Å². The van der Waals surface area contributed by atoms with E-state index in [-0.39, 0.29) is 5.75 Å². The van der Waals surface area contributed by atoms with Gasteiger partial charge in [-0.15, -0.1) is 18.3 Å². The highest BCUT2D eigenvalue weighted by molar-refractivity contribution is 7.86. The quantitative estimate of drug-likeness (QED) is 0.793. The molecule has 0 unspecified atom stereocenters. The molecule has 1 aromatic heterocycles. The van der Waals surface area contributed by atoms with Crippen LogP contribution in [0.15, 0.2) is 30.6 Å². The van der Waals surface area contributed by atoms with Gasteiger partial charge in [-0.1, -0.05) is 0 Å². The zero-order valence-electron chi connectivity index (χ0n) is 10.4. The van der Waals surface area contributed by atoms with E-state index in [1.165, 1.54) is 12.1 Å². The summed E-state index contributed by atoms with van der Waals surface area (Å²) in [6.45, 7) is 0. The third kappa shape index (κ3) is 4.63. The Morgan fingerprint density at radius 2 is 1.81 bits per heavy atom. The first-order valence-corrected chi connectivity index (χ1v) is 7.11. The molecule has 1 heterocycles. The van der Waals surface area contributed by atoms with Crippen LogP contribution < -0.4 is 8.92 Å². The van der Waals surface area contributed by atoms with Crippen LogP contribution in [0.3, 0.4) is 0 Å². The lowest BCUT2D eigenvalue weighted by Gasteiger charge is -2.08. The maximum Gasteiger partial charge on any atom is 0.573 e. The predicted molar refractivity (Wildman–Crippen MR) is 63.5 cm³/mol. The minimum Gasteiger partial charge on any atom is -0.406 e. The fourth-order valence-corrected chi connectivity index (χ4v) is 1.69. The average molecular weight is 323 g/mol. The second-order valence-electron chi connectivity index (χ2n) is 3.80. The smallest absolute Gasteiger partial charge is 0.406 e. The lowest BCUT2D eigenvalue weighted by Crippen LogP contribution is -2.17. The Balaban J connectivity index is 2.16. The van der Waals surface area contributed by atoms with Crippen molar-refractivity contribution in [1.29, 1.82) is 0 Å². The molecule has 0 fully saturated rings. The molecule has 0 saturated carbocycles. The first kappa shape index (κ1) is 15.1. The second-order valence-corrected chi connectivity index (χ2v) is 5.38. The summed E-state index contributed by atoms with van der Waals surface area (Å²) in [7, 11) is -3.76. The zero-order chi connectivity index (χ0) is 15.7. The van der Waals surface area contributed by atoms with Crippen LogP contribution in [0.5, 0.6) is 11.8 Å². The summed E-state index contributed by atoms with van der Waals surface area (Å²) in [5.74, 6) is -0.390. The molecular weight excluding hydrogens is 315 g/mol. The summed E-state index contributed by atoms with van der Waals surface area (Å²) in [5.41, 5.74) is 0.348. The van der Waals surface area contributed by atoms with E-state index in [4.69, 9.17) is 0 Å². The van der Waals surface area contributed by atoms with Crippen molar-refractivity contribution >= 4 is 10.1 Å². The molecule has 0 N–H and O–H groups in total. The van der Waals surface area contributed by atoms with Crippen molar-refractivity contribution in [3.8, 4) is 17.4 Å². The highest BCUT2D eigenvalue weighted by Gasteiger charge is 2.30. The Hall–Kier alpha value is -2.30. The highest BCUT2D eigenvalue weighted by atomic mass is 32.2. The molecule has 0 radical (unpaired) electrons. The van der Waals surface area contributed by atoms with E-state index in [1.807, 2.05) is 0 Å². The van der Waals surface area contributed by atoms with Crippen molar-refractivity contribution < 1.29 is 30.5 Å². The standard InChI is InChI=1S/C10H8F3N3O4S/c1-21(17,18)20-9-14-6-16(15-9)7-2-4-8(5-3-7)19-10(11,12)13/h2-6H,1H3. The molecule has 2 rings (SSSR count). The van der Waals surface area contributed by atoms with Crippen LogP contribution in [-0.4, -0.2) is 35.8 Å². The number of halogens is 3. The minimum atomic E-state index is -4.77. The molecule has 0 atom stereocenters. The molecule has 2 aromatic rings. The van der Waals surface area contributed by atoms with Crippen molar-refractivity contribution in [3.05, 3.63) is 30.6 Å². The van der Waals surface area contributed by atoms with Gasteiger partial charge in [0.15, 0.2) is 0 Å². The van der Waals surface area contributed by atoms with Crippen molar-refractivity contribution in [3.63, 3.8) is 0 Å². The van der Waals surface area contributed by atoms with Crippen molar-refractivity contribution in [1.82, 2.24) is 14.8 Å². The number of benzene rings is 1. The molecule has 0 amide bonds. The van der Waals surface area contributed by atoms with Crippen LogP contribution in [0.2, 0.25) is 0 Å². The van der Waals surface area contributed by atoms with E-state index >= 15 is 0 Å². The summed E-state index contributed by atoms with van der Waals surface area (Å²) in [6.07, 6.45) is -2.79. The van der Waals surface area contributed by atoms with Gasteiger partial charge in [0.1, 0.15) is 12.1 Å². The number of hydrogen-bond acceptors (Lipinski definition) is 6. The fraction of sp³-hybridized carbons (Fsp3) is 0.200. The van der Waals surface area contributed by atoms with E-state index in [0.717, 1.165) is 29.4 Å². The van der Waals surface area contributed by atoms with Gasteiger partial charge in [-0.05, 0) is 24.3 Å². The van der Waals surface area contributed by atoms with Gasteiger partial charge in [0.05, 0.1) is 11.9 Å². The lowest BCUT2D eigenvalue weighted by molar-refractivity contribution is -0.274. The molecule has 0 aliphatic rings. The molecule has 0 aliphatic carbocycles. The predicted octanol–water partition coefficient (Wildman–Crippen LogP) is 1.50. The van der Waals surface area contributed by atoms with Gasteiger partial charge in [0.2, 0.25) is 0 Å². The number of rotatable bonds is 4. The minimum absolute atomic E-state index is 0.348. The normalized spacial score (nSPS) is 12.2. The van der Waals surface area contributed by atoms with Gasteiger partial charge in [-0.25, -0.2) is 4.68 Å². The number of hydrogen-bond donors (Lipinski definition) is 0. The molecule has 114 valence electrons. The van der Waals surface area contributed by atoms with Crippen LogP contribution >= 0.6 is 0 Å². The largest absolute Gasteiger partial charge is 0.573 e. The molecule has 0 saturated heterocycles. The molecular formula is C10H8F3N3O4S. The zero-order valence-corrected chi connectivity index (χ0v) is 11.2. The van der Waals surface area contributed by atoms with Crippen molar-refractivity contribution in [2.75, 3.05) is 6.26 Å². The van der Waals surface area contributed by atoms with Crippen LogP contribution in [0.1, 0.15) is 0 Å². The maximum atomic E-state index is 12.0. The Labute approximate surface area is 117 Å². The van der Waals surface area contributed by atoms with E-state index in [0.29, 0.717) is 5.69 Å². The average Bonchev–Trinajstić information content (AvgIpc) is 2.74. The van der Waals surface area contributed by atoms with Gasteiger partial charge >= 0.3 is 22.5 Å². The van der Waals surface area contributed by atoms with Crippen molar-refractivity contribution in [2.24, 2.45) is 0 Å². The monoisotopic (exact) mass is 323 g/mol. The van der Waals surface area contributed by atoms with Gasteiger partial charge < -0.3 is 8.92 Å². The van der Waals surface area contributed by atoms with Gasteiger partial charge in [-0.3, -0.25) is 0 Å². The third-order valence-corrected chi connectivity index (χ3v) is 2.48. The van der Waals surface area contributed by atoms with Crippen LogP contribution in [0.25, 0.3) is 5.69 Å². The summed E-state index contributed by atoms with van der Waals surface area (Å²) in [4.78, 5) is 3.60. The first-order chi connectivity index (χ1) is 9.62. The molecule has 0 bridgehead atoms. The molecule has 11 heteroatoms. The molecule has 1 aromatic carbocycles. The summed E-state index contributed by atoms with van der Waals surface area (Å²) in [6, 6.07) is 4.36. The van der Waals surface area contributed by atoms with Gasteiger partial charge in [-0.2, -0.15) is 13.4 Å². The van der Waals surface area contributed by atoms with Gasteiger partial charge in [0, 0.05) is 0 Å². The SMILES string of the molecule is CS(=O)(=O)Oc1ncn(-c2ccc(OC(F)(F)F)cc2)n1. The molecule has 0 spiro atoms. The van der Waals surface area contributed by atoms with Crippen LogP contribution in [0, 0.1) is 0 Å². The Kier molecular flexibility index (Phi) is 3.77. The van der Waals surface area contributed by atoms with Crippen LogP contribution in [0.4, 0.5) is 13.2 Å². The Morgan fingerprint density at radius 3 is 2.33 bits per heavy atom. The van der Waals surface area contributed by atoms with E-state index in [2.05, 4.69) is 19.0 Å². The van der Waals surface area contributed by atoms with E-state index in [1.54, 1.807) is 0 Å². The summed E-state index contributed by atoms with van der Waals surface area (Å²) >= 11 is 0. The second kappa shape index (κ2) is 5.24. The van der Waals surface area contributed by atoms with E-state index in [9.17, 15) is 21.6 Å². The maximum absolute atomic E-state index is 12.0. The van der Waals surface area contributed by atoms with Crippen LogP contribution in [-0.2, 0) is 10.1 Å². The summed E-state index contributed by atoms with van der Waals surface area (Å²) in [5, 5.41) is 3.71. The topological polar surface area (TPSA) is 83.3 Å². The third-order valence-electron chi connectivity index (χ3n) is 2.03. The lowest BCUT2D eigenvalue weighted by atomic mass is 10.3. The Morgan fingerprint density at radius 1 is 1.19 bits per heavy atom. The number of alkyl halides is 3. The molecule has 0 aliphatic heterocycles. The Bertz CT molecular complexity index is 725. The molecule has 7 nitrogen and oxygen atoms in total. The van der Waals surface area contributed by atoms with Gasteiger partial charge in [0.25, 0.3) is 0 Å². The number of ether oxygens (including phenoxy) is 1. The number of aromatic nitrogens is 3. The molecule has 21 heavy (non-hydrogen) atoms. The fourth-order valence-electron chi connectivity index (χ4n) is 1.35. The van der Waals surface area contributed by atoms with Crippen molar-refractivity contribution in [2.45, 2.75) is 6.36 Å². The number of nitrogens with zero attached hydrogens (tertiary/aromatic N) is 3.